The van der Waals surface area contributed by atoms with Gasteiger partial charge in [-0.15, -0.1) is 21.5 Å². The Bertz CT molecular complexity index is 1420. The molecule has 0 atom stereocenters. The Hall–Kier alpha value is -3.82. The zero-order valence-electron chi connectivity index (χ0n) is 19.5. The maximum atomic E-state index is 12.7. The molecule has 0 unspecified atom stereocenters. The van der Waals surface area contributed by atoms with Crippen molar-refractivity contribution in [2.75, 3.05) is 18.4 Å². The number of thiazole rings is 1. The van der Waals surface area contributed by atoms with E-state index in [1.807, 2.05) is 35.2 Å². The molecule has 0 aliphatic heterocycles. The second-order valence-corrected chi connectivity index (χ2v) is 9.34. The molecule has 0 fully saturated rings. The molecule has 2 aromatic carbocycles. The van der Waals surface area contributed by atoms with Crippen LogP contribution in [0.4, 0.5) is 5.69 Å². The Balaban J connectivity index is 1.21. The summed E-state index contributed by atoms with van der Waals surface area (Å²) < 4.78 is 12.2. The van der Waals surface area contributed by atoms with Gasteiger partial charge < -0.3 is 14.2 Å². The summed E-state index contributed by atoms with van der Waals surface area (Å²) in [5, 5.41) is 12.1. The molecule has 3 aromatic heterocycles. The normalized spacial score (nSPS) is 11.4. The van der Waals surface area contributed by atoms with Gasteiger partial charge in [-0.25, -0.2) is 4.98 Å². The van der Waals surface area contributed by atoms with Crippen LogP contribution in [-0.4, -0.2) is 39.1 Å². The van der Waals surface area contributed by atoms with Crippen LogP contribution in [0, 0.1) is 6.92 Å². The van der Waals surface area contributed by atoms with Crippen molar-refractivity contribution in [2.45, 2.75) is 26.8 Å². The first-order chi connectivity index (χ1) is 17.1. The van der Waals surface area contributed by atoms with Crippen LogP contribution in [0.2, 0.25) is 0 Å². The number of aryl methyl sites for hydroxylation is 1. The number of fused-ring (bicyclic) bond motifs is 1. The summed E-state index contributed by atoms with van der Waals surface area (Å²) in [6.07, 6.45) is 2.45. The van der Waals surface area contributed by atoms with Gasteiger partial charge in [0.1, 0.15) is 5.01 Å². The van der Waals surface area contributed by atoms with E-state index in [1.54, 1.807) is 29.7 Å². The molecule has 0 aliphatic rings. The molecule has 0 saturated heterocycles. The van der Waals surface area contributed by atoms with Crippen LogP contribution in [-0.2, 0) is 11.3 Å². The number of hydrogen-bond donors (Lipinski definition) is 1. The molecule has 3 heterocycles. The summed E-state index contributed by atoms with van der Waals surface area (Å²) in [4.78, 5) is 19.4. The van der Waals surface area contributed by atoms with Crippen LogP contribution in [0.25, 0.3) is 32.4 Å². The highest BCUT2D eigenvalue weighted by molar-refractivity contribution is 7.21. The Morgan fingerprint density at radius 3 is 2.74 bits per heavy atom. The lowest BCUT2D eigenvalue weighted by molar-refractivity contribution is -0.117. The Morgan fingerprint density at radius 1 is 1.11 bits per heavy atom. The molecular formula is C26H25N5O3S. The fourth-order valence-corrected chi connectivity index (χ4v) is 4.86. The highest BCUT2D eigenvalue weighted by Gasteiger charge is 2.17. The first-order valence-corrected chi connectivity index (χ1v) is 12.2. The molecule has 5 aromatic rings. The second kappa shape index (κ2) is 10.2. The van der Waals surface area contributed by atoms with Gasteiger partial charge in [-0.3, -0.25) is 9.69 Å². The SMILES string of the molecule is CCCN(CC(=O)Nc1ccc(-c2nc3ccc(C)cc3s2)cc1)Cc1nnc(-c2ccco2)o1. The second-order valence-electron chi connectivity index (χ2n) is 8.30. The molecule has 0 bridgehead atoms. The number of carbonyl (C=O) groups is 1. The number of hydrogen-bond acceptors (Lipinski definition) is 8. The van der Waals surface area contributed by atoms with Crippen molar-refractivity contribution in [1.29, 1.82) is 0 Å². The minimum absolute atomic E-state index is 0.104. The number of amides is 1. The highest BCUT2D eigenvalue weighted by Crippen LogP contribution is 2.31. The van der Waals surface area contributed by atoms with Crippen LogP contribution in [0.3, 0.4) is 0 Å². The quantitative estimate of drug-likeness (QED) is 0.282. The predicted molar refractivity (Wildman–Crippen MR) is 136 cm³/mol. The van der Waals surface area contributed by atoms with E-state index in [0.29, 0.717) is 24.1 Å². The summed E-state index contributed by atoms with van der Waals surface area (Å²) in [6, 6.07) is 17.6. The molecule has 0 aliphatic carbocycles. The average molecular weight is 488 g/mol. The lowest BCUT2D eigenvalue weighted by Gasteiger charge is -2.19. The van der Waals surface area contributed by atoms with E-state index in [0.717, 1.165) is 34.7 Å². The van der Waals surface area contributed by atoms with Gasteiger partial charge in [0.2, 0.25) is 11.8 Å². The largest absolute Gasteiger partial charge is 0.459 e. The summed E-state index contributed by atoms with van der Waals surface area (Å²) >= 11 is 1.67. The van der Waals surface area contributed by atoms with Crippen molar-refractivity contribution in [3.05, 3.63) is 72.3 Å². The van der Waals surface area contributed by atoms with Crippen LogP contribution in [0.15, 0.2) is 69.7 Å². The van der Waals surface area contributed by atoms with Crippen molar-refractivity contribution < 1.29 is 13.6 Å². The summed E-state index contributed by atoms with van der Waals surface area (Å²) in [5.41, 5.74) is 3.99. The third-order valence-corrected chi connectivity index (χ3v) is 6.49. The molecule has 8 nitrogen and oxygen atoms in total. The van der Waals surface area contributed by atoms with Gasteiger partial charge in [-0.2, -0.15) is 0 Å². The molecular weight excluding hydrogens is 462 g/mol. The predicted octanol–water partition coefficient (Wildman–Crippen LogP) is 5.77. The monoisotopic (exact) mass is 487 g/mol. The fourth-order valence-electron chi connectivity index (χ4n) is 3.79. The third-order valence-electron chi connectivity index (χ3n) is 5.42. The van der Waals surface area contributed by atoms with E-state index in [1.165, 1.54) is 10.3 Å². The standard InChI is InChI=1S/C26H25N5O3S/c1-3-12-31(16-24-29-30-25(34-24)21-5-4-13-33-21)15-23(32)27-19-9-7-18(8-10-19)26-28-20-11-6-17(2)14-22(20)35-26/h4-11,13-14H,3,12,15-16H2,1-2H3,(H,27,32). The molecule has 0 radical (unpaired) electrons. The van der Waals surface area contributed by atoms with E-state index in [-0.39, 0.29) is 12.5 Å². The molecule has 5 rings (SSSR count). The van der Waals surface area contributed by atoms with Crippen LogP contribution < -0.4 is 5.32 Å². The number of carbonyl (C=O) groups excluding carboxylic acids is 1. The lowest BCUT2D eigenvalue weighted by Crippen LogP contribution is -2.33. The van der Waals surface area contributed by atoms with Gasteiger partial charge in [0.05, 0.1) is 29.6 Å². The number of aromatic nitrogens is 3. The molecule has 0 saturated carbocycles. The minimum atomic E-state index is -0.104. The van der Waals surface area contributed by atoms with Gasteiger partial charge >= 0.3 is 0 Å². The summed E-state index contributed by atoms with van der Waals surface area (Å²) in [5.74, 6) is 1.18. The smallest absolute Gasteiger partial charge is 0.283 e. The van der Waals surface area contributed by atoms with Crippen LogP contribution >= 0.6 is 11.3 Å². The van der Waals surface area contributed by atoms with Crippen molar-refractivity contribution in [2.24, 2.45) is 0 Å². The van der Waals surface area contributed by atoms with Crippen molar-refractivity contribution in [1.82, 2.24) is 20.1 Å². The van der Waals surface area contributed by atoms with E-state index < -0.39 is 0 Å². The maximum Gasteiger partial charge on any atom is 0.283 e. The third kappa shape index (κ3) is 5.47. The van der Waals surface area contributed by atoms with Gasteiger partial charge in [0, 0.05) is 11.3 Å². The number of anilines is 1. The number of nitrogens with one attached hydrogen (secondary N) is 1. The molecule has 178 valence electrons. The number of furan rings is 1. The lowest BCUT2D eigenvalue weighted by atomic mass is 10.2. The Kier molecular flexibility index (Phi) is 6.69. The Morgan fingerprint density at radius 2 is 1.97 bits per heavy atom. The van der Waals surface area contributed by atoms with Crippen molar-refractivity contribution in [3.8, 4) is 22.2 Å². The topological polar surface area (TPSA) is 97.3 Å². The van der Waals surface area contributed by atoms with Gasteiger partial charge in [0.25, 0.3) is 5.89 Å². The molecule has 35 heavy (non-hydrogen) atoms. The first kappa shape index (κ1) is 22.9. The average Bonchev–Trinajstić information content (AvgIpc) is 3.60. The van der Waals surface area contributed by atoms with E-state index >= 15 is 0 Å². The molecule has 9 heteroatoms. The number of nitrogens with zero attached hydrogens (tertiary/aromatic N) is 4. The number of rotatable bonds is 9. The molecule has 0 spiro atoms. The zero-order chi connectivity index (χ0) is 24.2. The molecule has 1 amide bonds. The van der Waals surface area contributed by atoms with E-state index in [2.05, 4.69) is 41.5 Å². The number of benzene rings is 2. The van der Waals surface area contributed by atoms with Crippen LogP contribution in [0.5, 0.6) is 0 Å². The van der Waals surface area contributed by atoms with E-state index in [4.69, 9.17) is 13.8 Å². The van der Waals surface area contributed by atoms with E-state index in [9.17, 15) is 4.79 Å². The maximum absolute atomic E-state index is 12.7. The fraction of sp³-hybridized carbons (Fsp3) is 0.231. The van der Waals surface area contributed by atoms with Crippen LogP contribution in [0.1, 0.15) is 24.8 Å². The Labute approximate surface area is 206 Å². The summed E-state index contributed by atoms with van der Waals surface area (Å²) in [7, 11) is 0. The van der Waals surface area contributed by atoms with Crippen molar-refractivity contribution >= 4 is 33.1 Å². The van der Waals surface area contributed by atoms with Gasteiger partial charge in [-0.05, 0) is 74.0 Å². The highest BCUT2D eigenvalue weighted by atomic mass is 32.1. The zero-order valence-corrected chi connectivity index (χ0v) is 20.3. The van der Waals surface area contributed by atoms with Gasteiger partial charge in [-0.1, -0.05) is 13.0 Å². The molecule has 1 N–H and O–H groups in total. The first-order valence-electron chi connectivity index (χ1n) is 11.4. The minimum Gasteiger partial charge on any atom is -0.459 e. The van der Waals surface area contributed by atoms with Gasteiger partial charge in [0.15, 0.2) is 5.76 Å². The van der Waals surface area contributed by atoms with Crippen molar-refractivity contribution in [3.63, 3.8) is 0 Å². The summed E-state index contributed by atoms with van der Waals surface area (Å²) in [6.45, 7) is 5.46.